The Kier molecular flexibility index (Phi) is 6.27. The zero-order valence-corrected chi connectivity index (χ0v) is 20.4. The SMILES string of the molecule is Cc1ccc(N2C(=O)NC(=O)/C(=C/c3cc(C)n(-c4ccc(Cl)c(C(=O)O)c4)c3C)C2=O)cc1Cl. The number of aryl methyl sites for hydroxylation is 2. The molecule has 0 saturated carbocycles. The first-order valence-corrected chi connectivity index (χ1v) is 11.1. The van der Waals surface area contributed by atoms with Crippen molar-refractivity contribution in [1.29, 1.82) is 0 Å². The van der Waals surface area contributed by atoms with Gasteiger partial charge in [0.2, 0.25) is 0 Å². The zero-order valence-electron chi connectivity index (χ0n) is 18.8. The monoisotopic (exact) mass is 511 g/mol. The number of nitrogens with zero attached hydrogens (tertiary/aromatic N) is 2. The van der Waals surface area contributed by atoms with Gasteiger partial charge in [-0.05, 0) is 74.4 Å². The Morgan fingerprint density at radius 3 is 2.29 bits per heavy atom. The number of carbonyl (C=O) groups is 4. The Bertz CT molecular complexity index is 1470. The van der Waals surface area contributed by atoms with Crippen molar-refractivity contribution >= 4 is 58.8 Å². The van der Waals surface area contributed by atoms with Crippen LogP contribution in [-0.4, -0.2) is 33.5 Å². The molecule has 8 nitrogen and oxygen atoms in total. The van der Waals surface area contributed by atoms with Crippen molar-refractivity contribution in [1.82, 2.24) is 9.88 Å². The number of barbiturate groups is 1. The largest absolute Gasteiger partial charge is 0.478 e. The van der Waals surface area contributed by atoms with E-state index < -0.39 is 23.8 Å². The third-order valence-corrected chi connectivity index (χ3v) is 6.46. The first-order valence-electron chi connectivity index (χ1n) is 10.4. The second-order valence-corrected chi connectivity index (χ2v) is 8.84. The molecule has 178 valence electrons. The third kappa shape index (κ3) is 4.34. The molecule has 0 spiro atoms. The highest BCUT2D eigenvalue weighted by molar-refractivity contribution is 6.39. The van der Waals surface area contributed by atoms with E-state index >= 15 is 0 Å². The number of anilines is 1. The van der Waals surface area contributed by atoms with Gasteiger partial charge in [0.25, 0.3) is 11.8 Å². The van der Waals surface area contributed by atoms with Gasteiger partial charge in [0.15, 0.2) is 0 Å². The summed E-state index contributed by atoms with van der Waals surface area (Å²) in [6.07, 6.45) is 1.40. The molecule has 4 amide bonds. The van der Waals surface area contributed by atoms with Crippen LogP contribution in [-0.2, 0) is 9.59 Å². The number of nitrogens with one attached hydrogen (secondary N) is 1. The van der Waals surface area contributed by atoms with E-state index in [1.165, 1.54) is 24.3 Å². The summed E-state index contributed by atoms with van der Waals surface area (Å²) in [4.78, 5) is 50.6. The van der Waals surface area contributed by atoms with Crippen LogP contribution in [0.2, 0.25) is 10.0 Å². The first kappa shape index (κ1) is 24.3. The lowest BCUT2D eigenvalue weighted by atomic mass is 10.1. The number of imide groups is 2. The maximum atomic E-state index is 13.2. The maximum absolute atomic E-state index is 13.2. The number of carboxylic acid groups (broad SMARTS) is 1. The number of aromatic nitrogens is 1. The number of hydrogen-bond acceptors (Lipinski definition) is 4. The number of aromatic carboxylic acids is 1. The van der Waals surface area contributed by atoms with Gasteiger partial charge in [-0.25, -0.2) is 14.5 Å². The van der Waals surface area contributed by atoms with Crippen LogP contribution in [0, 0.1) is 20.8 Å². The quantitative estimate of drug-likeness (QED) is 0.375. The van der Waals surface area contributed by atoms with Crippen molar-refractivity contribution in [3.8, 4) is 5.69 Å². The van der Waals surface area contributed by atoms with Crippen LogP contribution in [0.25, 0.3) is 11.8 Å². The summed E-state index contributed by atoms with van der Waals surface area (Å²) in [7, 11) is 0. The first-order chi connectivity index (χ1) is 16.5. The molecule has 10 heteroatoms. The molecular formula is C25H19Cl2N3O5. The molecule has 1 saturated heterocycles. The molecule has 3 aromatic rings. The van der Waals surface area contributed by atoms with E-state index in [9.17, 15) is 24.3 Å². The van der Waals surface area contributed by atoms with E-state index in [0.29, 0.717) is 22.0 Å². The molecule has 0 unspecified atom stereocenters. The van der Waals surface area contributed by atoms with Gasteiger partial charge in [0.05, 0.1) is 16.3 Å². The Balaban J connectivity index is 1.78. The fourth-order valence-corrected chi connectivity index (χ4v) is 4.29. The van der Waals surface area contributed by atoms with Gasteiger partial charge in [0.1, 0.15) is 5.57 Å². The fourth-order valence-electron chi connectivity index (χ4n) is 3.92. The van der Waals surface area contributed by atoms with Crippen LogP contribution in [0.5, 0.6) is 0 Å². The van der Waals surface area contributed by atoms with Gasteiger partial charge in [-0.3, -0.25) is 14.9 Å². The summed E-state index contributed by atoms with van der Waals surface area (Å²) in [5, 5.41) is 12.1. The van der Waals surface area contributed by atoms with Gasteiger partial charge >= 0.3 is 12.0 Å². The van der Waals surface area contributed by atoms with E-state index in [4.69, 9.17) is 23.2 Å². The number of rotatable bonds is 4. The lowest BCUT2D eigenvalue weighted by molar-refractivity contribution is -0.122. The van der Waals surface area contributed by atoms with Crippen molar-refractivity contribution < 1.29 is 24.3 Å². The van der Waals surface area contributed by atoms with Crippen LogP contribution in [0.3, 0.4) is 0 Å². The summed E-state index contributed by atoms with van der Waals surface area (Å²) in [6, 6.07) is 10.2. The molecule has 0 atom stereocenters. The van der Waals surface area contributed by atoms with Crippen molar-refractivity contribution in [3.63, 3.8) is 0 Å². The fraction of sp³-hybridized carbons (Fsp3) is 0.120. The highest BCUT2D eigenvalue weighted by Crippen LogP contribution is 2.29. The maximum Gasteiger partial charge on any atom is 0.337 e. The Morgan fingerprint density at radius 2 is 1.63 bits per heavy atom. The predicted molar refractivity (Wildman–Crippen MR) is 132 cm³/mol. The molecule has 2 heterocycles. The average molecular weight is 512 g/mol. The number of amides is 4. The molecule has 0 aliphatic carbocycles. The summed E-state index contributed by atoms with van der Waals surface area (Å²) in [5.74, 6) is -2.77. The Hall–Kier alpha value is -3.88. The second-order valence-electron chi connectivity index (χ2n) is 8.02. The molecule has 2 aromatic carbocycles. The van der Waals surface area contributed by atoms with Crippen LogP contribution in [0.4, 0.5) is 10.5 Å². The second kappa shape index (κ2) is 9.05. The van der Waals surface area contributed by atoms with E-state index in [1.54, 1.807) is 49.6 Å². The van der Waals surface area contributed by atoms with Gasteiger partial charge in [-0.1, -0.05) is 29.3 Å². The normalized spacial score (nSPS) is 15.1. The van der Waals surface area contributed by atoms with Crippen LogP contribution >= 0.6 is 23.2 Å². The minimum absolute atomic E-state index is 0.0516. The molecule has 4 rings (SSSR count). The minimum atomic E-state index is -1.16. The molecule has 35 heavy (non-hydrogen) atoms. The lowest BCUT2D eigenvalue weighted by Gasteiger charge is -2.26. The topological polar surface area (TPSA) is 109 Å². The van der Waals surface area contributed by atoms with E-state index in [0.717, 1.165) is 16.2 Å². The number of urea groups is 1. The minimum Gasteiger partial charge on any atom is -0.478 e. The molecule has 0 radical (unpaired) electrons. The van der Waals surface area contributed by atoms with Crippen molar-refractivity contribution in [2.24, 2.45) is 0 Å². The van der Waals surface area contributed by atoms with Crippen molar-refractivity contribution in [2.75, 3.05) is 4.90 Å². The summed E-state index contributed by atoms with van der Waals surface area (Å²) >= 11 is 12.2. The number of halogens is 2. The lowest BCUT2D eigenvalue weighted by Crippen LogP contribution is -2.54. The molecule has 1 aromatic heterocycles. The number of carboxylic acids is 1. The van der Waals surface area contributed by atoms with Crippen molar-refractivity contribution in [2.45, 2.75) is 20.8 Å². The average Bonchev–Trinajstić information content (AvgIpc) is 3.06. The highest BCUT2D eigenvalue weighted by Gasteiger charge is 2.37. The standard InChI is InChI=1S/C25H19Cl2N3O5/c1-12-4-5-17(11-21(12)27)30-23(32)19(22(31)28-25(30)35)9-15-8-13(2)29(14(15)3)16-6-7-20(26)18(10-16)24(33)34/h4-11H,1-3H3,(H,33,34)(H,28,31,35)/b19-9-. The molecule has 0 bridgehead atoms. The summed E-state index contributed by atoms with van der Waals surface area (Å²) < 4.78 is 1.78. The van der Waals surface area contributed by atoms with Crippen LogP contribution in [0.15, 0.2) is 48.0 Å². The zero-order chi connectivity index (χ0) is 25.6. The summed E-state index contributed by atoms with van der Waals surface area (Å²) in [6.45, 7) is 5.36. The Labute approximate surface area is 210 Å². The molecular weight excluding hydrogens is 493 g/mol. The Morgan fingerprint density at radius 1 is 0.943 bits per heavy atom. The molecule has 1 fully saturated rings. The van der Waals surface area contributed by atoms with E-state index in [2.05, 4.69) is 5.32 Å². The molecule has 1 aliphatic heterocycles. The smallest absolute Gasteiger partial charge is 0.337 e. The highest BCUT2D eigenvalue weighted by atomic mass is 35.5. The number of benzene rings is 2. The van der Waals surface area contributed by atoms with Gasteiger partial charge in [0, 0.05) is 22.1 Å². The molecule has 1 aliphatic rings. The predicted octanol–water partition coefficient (Wildman–Crippen LogP) is 5.07. The van der Waals surface area contributed by atoms with E-state index in [-0.39, 0.29) is 21.8 Å². The van der Waals surface area contributed by atoms with Gasteiger partial charge in [-0.2, -0.15) is 0 Å². The number of carbonyl (C=O) groups excluding carboxylic acids is 3. The summed E-state index contributed by atoms with van der Waals surface area (Å²) in [5.41, 5.74) is 3.20. The third-order valence-electron chi connectivity index (χ3n) is 5.72. The van der Waals surface area contributed by atoms with Gasteiger partial charge < -0.3 is 9.67 Å². The number of hydrogen-bond donors (Lipinski definition) is 2. The van der Waals surface area contributed by atoms with Crippen LogP contribution < -0.4 is 10.2 Å². The van der Waals surface area contributed by atoms with Crippen molar-refractivity contribution in [3.05, 3.63) is 86.2 Å². The molecule has 2 N–H and O–H groups in total. The van der Waals surface area contributed by atoms with Crippen LogP contribution in [0.1, 0.15) is 32.9 Å². The van der Waals surface area contributed by atoms with Gasteiger partial charge in [-0.15, -0.1) is 0 Å². The van der Waals surface area contributed by atoms with E-state index in [1.807, 2.05) is 0 Å².